The second kappa shape index (κ2) is 9.11. The molecule has 0 saturated carbocycles. The summed E-state index contributed by atoms with van der Waals surface area (Å²) in [5.41, 5.74) is 1.19. The molecular weight excluding hydrogens is 478 g/mol. The summed E-state index contributed by atoms with van der Waals surface area (Å²) in [6.07, 6.45) is 4.52. The van der Waals surface area contributed by atoms with Gasteiger partial charge in [0.25, 0.3) is 5.56 Å². The number of nitrogens with zero attached hydrogens (tertiary/aromatic N) is 1. The van der Waals surface area contributed by atoms with Gasteiger partial charge in [-0.05, 0) is 59.3 Å². The first kappa shape index (κ1) is 20.1. The SMILES string of the molecule is O=C(CCSCc1nc2sc3c(c2c(=O)[nH]1)CCC3)NCCc1ccc(Br)s1. The molecule has 148 valence electrons. The number of aryl methyl sites for hydroxylation is 2. The van der Waals surface area contributed by atoms with Gasteiger partial charge >= 0.3 is 0 Å². The quantitative estimate of drug-likeness (QED) is 0.455. The number of fused-ring (bicyclic) bond motifs is 3. The van der Waals surface area contributed by atoms with E-state index in [9.17, 15) is 9.59 Å². The third kappa shape index (κ3) is 4.69. The molecule has 28 heavy (non-hydrogen) atoms. The number of aromatic amines is 1. The predicted molar refractivity (Wildman–Crippen MR) is 122 cm³/mol. The van der Waals surface area contributed by atoms with Crippen molar-refractivity contribution < 1.29 is 4.79 Å². The van der Waals surface area contributed by atoms with Gasteiger partial charge < -0.3 is 10.3 Å². The monoisotopic (exact) mass is 497 g/mol. The topological polar surface area (TPSA) is 74.8 Å². The Kier molecular flexibility index (Phi) is 6.55. The Balaban J connectivity index is 1.22. The molecule has 2 N–H and O–H groups in total. The van der Waals surface area contributed by atoms with Gasteiger partial charge in [0.05, 0.1) is 14.9 Å². The molecule has 0 radical (unpaired) electrons. The molecule has 3 heterocycles. The average Bonchev–Trinajstić information content (AvgIpc) is 3.34. The predicted octanol–water partition coefficient (Wildman–Crippen LogP) is 4.28. The molecular formula is C19H20BrN3O2S3. The summed E-state index contributed by atoms with van der Waals surface area (Å²) in [7, 11) is 0. The van der Waals surface area contributed by atoms with E-state index < -0.39 is 0 Å². The van der Waals surface area contributed by atoms with E-state index >= 15 is 0 Å². The maximum atomic E-state index is 12.4. The van der Waals surface area contributed by atoms with Crippen molar-refractivity contribution in [3.63, 3.8) is 0 Å². The Morgan fingerprint density at radius 2 is 2.21 bits per heavy atom. The van der Waals surface area contributed by atoms with Crippen LogP contribution in [0.15, 0.2) is 20.7 Å². The van der Waals surface area contributed by atoms with Crippen LogP contribution in [0.4, 0.5) is 0 Å². The first-order valence-electron chi connectivity index (χ1n) is 9.22. The van der Waals surface area contributed by atoms with Crippen molar-refractivity contribution in [2.75, 3.05) is 12.3 Å². The molecule has 0 bridgehead atoms. The number of carbonyl (C=O) groups is 1. The maximum Gasteiger partial charge on any atom is 0.259 e. The molecule has 0 atom stereocenters. The number of hydrogen-bond acceptors (Lipinski definition) is 6. The summed E-state index contributed by atoms with van der Waals surface area (Å²) >= 11 is 8.42. The normalized spacial score (nSPS) is 13.2. The summed E-state index contributed by atoms with van der Waals surface area (Å²) in [4.78, 5) is 35.4. The standard InChI is InChI=1S/C19H20BrN3O2S3/c20-14-5-4-11(27-14)6-8-21-16(24)7-9-26-10-15-22-18(25)17-12-2-1-3-13(12)28-19(17)23-15/h4-5H,1-3,6-10H2,(H,21,24)(H,22,23,25). The molecule has 5 nitrogen and oxygen atoms in total. The fourth-order valence-electron chi connectivity index (χ4n) is 3.35. The molecule has 4 rings (SSSR count). The molecule has 1 amide bonds. The molecule has 0 spiro atoms. The fourth-order valence-corrected chi connectivity index (χ4v) is 6.92. The van der Waals surface area contributed by atoms with Crippen LogP contribution >= 0.6 is 50.4 Å². The third-order valence-corrected chi connectivity index (χ3v) is 8.50. The Labute approximate surface area is 183 Å². The molecule has 1 aliphatic rings. The summed E-state index contributed by atoms with van der Waals surface area (Å²) in [6.45, 7) is 0.658. The highest BCUT2D eigenvalue weighted by Gasteiger charge is 2.21. The van der Waals surface area contributed by atoms with Crippen molar-refractivity contribution in [3.8, 4) is 0 Å². The second-order valence-electron chi connectivity index (χ2n) is 6.66. The Morgan fingerprint density at radius 3 is 3.04 bits per heavy atom. The first-order valence-corrected chi connectivity index (χ1v) is 12.8. The van der Waals surface area contributed by atoms with Gasteiger partial charge in [-0.25, -0.2) is 4.98 Å². The minimum atomic E-state index is -0.0158. The van der Waals surface area contributed by atoms with E-state index in [1.807, 2.05) is 6.07 Å². The number of rotatable bonds is 8. The summed E-state index contributed by atoms with van der Waals surface area (Å²) < 4.78 is 1.11. The van der Waals surface area contributed by atoms with Crippen LogP contribution in [0.1, 0.15) is 34.0 Å². The number of halogens is 1. The Hall–Kier alpha value is -1.16. The van der Waals surface area contributed by atoms with Crippen molar-refractivity contribution in [3.05, 3.63) is 47.4 Å². The number of amides is 1. The lowest BCUT2D eigenvalue weighted by Gasteiger charge is -2.05. The Bertz CT molecular complexity index is 1060. The highest BCUT2D eigenvalue weighted by Crippen LogP contribution is 2.34. The molecule has 0 fully saturated rings. The largest absolute Gasteiger partial charge is 0.356 e. The molecule has 0 aromatic carbocycles. The van der Waals surface area contributed by atoms with Gasteiger partial charge in [0.2, 0.25) is 5.91 Å². The molecule has 0 unspecified atom stereocenters. The number of thiophene rings is 2. The number of thioether (sulfide) groups is 1. The van der Waals surface area contributed by atoms with Crippen molar-refractivity contribution in [2.45, 2.75) is 37.9 Å². The van der Waals surface area contributed by atoms with Crippen LogP contribution in [0.2, 0.25) is 0 Å². The lowest BCUT2D eigenvalue weighted by Crippen LogP contribution is -2.25. The smallest absolute Gasteiger partial charge is 0.259 e. The van der Waals surface area contributed by atoms with Crippen LogP contribution in [0, 0.1) is 0 Å². The van der Waals surface area contributed by atoms with E-state index in [4.69, 9.17) is 0 Å². The summed E-state index contributed by atoms with van der Waals surface area (Å²) in [5, 5.41) is 3.76. The van der Waals surface area contributed by atoms with Crippen LogP contribution in [-0.2, 0) is 29.8 Å². The number of carbonyl (C=O) groups excluding carboxylic acids is 1. The van der Waals surface area contributed by atoms with E-state index in [-0.39, 0.29) is 11.5 Å². The van der Waals surface area contributed by atoms with Gasteiger partial charge in [0.1, 0.15) is 10.7 Å². The molecule has 1 aliphatic carbocycles. The highest BCUT2D eigenvalue weighted by atomic mass is 79.9. The van der Waals surface area contributed by atoms with E-state index in [1.165, 1.54) is 15.3 Å². The zero-order valence-electron chi connectivity index (χ0n) is 15.2. The summed E-state index contributed by atoms with van der Waals surface area (Å²) in [5.74, 6) is 2.09. The van der Waals surface area contributed by atoms with E-state index in [2.05, 4.69) is 37.3 Å². The molecule has 0 aliphatic heterocycles. The van der Waals surface area contributed by atoms with Crippen LogP contribution in [0.25, 0.3) is 10.2 Å². The highest BCUT2D eigenvalue weighted by molar-refractivity contribution is 9.11. The third-order valence-electron chi connectivity index (χ3n) is 4.66. The lowest BCUT2D eigenvalue weighted by molar-refractivity contribution is -0.120. The van der Waals surface area contributed by atoms with Gasteiger partial charge in [-0.15, -0.1) is 22.7 Å². The average molecular weight is 498 g/mol. The lowest BCUT2D eigenvalue weighted by atomic mass is 10.2. The molecule has 0 saturated heterocycles. The molecule has 3 aromatic heterocycles. The van der Waals surface area contributed by atoms with Crippen LogP contribution in [0.5, 0.6) is 0 Å². The number of aromatic nitrogens is 2. The van der Waals surface area contributed by atoms with Gasteiger partial charge in [-0.1, -0.05) is 0 Å². The van der Waals surface area contributed by atoms with Crippen molar-refractivity contribution in [1.29, 1.82) is 0 Å². The zero-order valence-corrected chi connectivity index (χ0v) is 19.2. The van der Waals surface area contributed by atoms with Crippen molar-refractivity contribution >= 4 is 66.5 Å². The molecule has 3 aromatic rings. The zero-order chi connectivity index (χ0) is 19.5. The second-order valence-corrected chi connectivity index (χ2v) is 11.4. The minimum Gasteiger partial charge on any atom is -0.356 e. The van der Waals surface area contributed by atoms with Crippen molar-refractivity contribution in [1.82, 2.24) is 15.3 Å². The van der Waals surface area contributed by atoms with Gasteiger partial charge in [-0.2, -0.15) is 11.8 Å². The number of hydrogen-bond donors (Lipinski definition) is 2. The minimum absolute atomic E-state index is 0.0158. The molecule has 9 heteroatoms. The van der Waals surface area contributed by atoms with Gasteiger partial charge in [-0.3, -0.25) is 9.59 Å². The van der Waals surface area contributed by atoms with Crippen LogP contribution in [-0.4, -0.2) is 28.2 Å². The van der Waals surface area contributed by atoms with E-state index in [0.717, 1.165) is 39.7 Å². The van der Waals surface area contributed by atoms with Crippen LogP contribution in [0.3, 0.4) is 0 Å². The van der Waals surface area contributed by atoms with Gasteiger partial charge in [0, 0.05) is 28.5 Å². The Morgan fingerprint density at radius 1 is 1.32 bits per heavy atom. The maximum absolute atomic E-state index is 12.4. The van der Waals surface area contributed by atoms with Crippen molar-refractivity contribution in [2.24, 2.45) is 0 Å². The number of nitrogens with one attached hydrogen (secondary N) is 2. The fraction of sp³-hybridized carbons (Fsp3) is 0.421. The number of H-pyrrole nitrogens is 1. The van der Waals surface area contributed by atoms with E-state index in [1.54, 1.807) is 34.4 Å². The first-order chi connectivity index (χ1) is 13.6. The van der Waals surface area contributed by atoms with E-state index in [0.29, 0.717) is 30.3 Å². The summed E-state index contributed by atoms with van der Waals surface area (Å²) in [6, 6.07) is 4.10. The van der Waals surface area contributed by atoms with Gasteiger partial charge in [0.15, 0.2) is 0 Å². The van der Waals surface area contributed by atoms with Crippen LogP contribution < -0.4 is 10.9 Å².